The highest BCUT2D eigenvalue weighted by atomic mass is 16.7. The summed E-state index contributed by atoms with van der Waals surface area (Å²) in [5, 5.41) is 38.9. The summed E-state index contributed by atoms with van der Waals surface area (Å²) in [5.41, 5.74) is 0.789. The number of rotatable bonds is 5. The standard InChI is InChI=1S/C19H30O7/c1-10-7-12(21)8-19(3,4)13(10)6-5-11(2)25-18-17(24)16(23)15(22)14(9-20)26-18/h5-7,11,13-18,20,22-24H,8-9H2,1-4H3/b6-5+/t11-,13-,14-,15-,16+,17-,18-/m0/s1. The van der Waals surface area contributed by atoms with Crippen molar-refractivity contribution >= 4 is 5.78 Å². The lowest BCUT2D eigenvalue weighted by molar-refractivity contribution is -0.306. The molecule has 148 valence electrons. The van der Waals surface area contributed by atoms with Gasteiger partial charge in [0.05, 0.1) is 12.7 Å². The maximum absolute atomic E-state index is 11.8. The van der Waals surface area contributed by atoms with Crippen molar-refractivity contribution < 1.29 is 34.7 Å². The molecule has 7 atom stereocenters. The molecular weight excluding hydrogens is 340 g/mol. The number of ether oxygens (including phenoxy) is 2. The van der Waals surface area contributed by atoms with Gasteiger partial charge in [0, 0.05) is 12.3 Å². The van der Waals surface area contributed by atoms with Crippen LogP contribution in [-0.4, -0.2) is 69.6 Å². The predicted octanol–water partition coefficient (Wildman–Crippen LogP) is 0.309. The Balaban J connectivity index is 2.03. The van der Waals surface area contributed by atoms with E-state index in [0.717, 1.165) is 5.57 Å². The molecule has 1 aliphatic heterocycles. The molecule has 0 unspecified atom stereocenters. The van der Waals surface area contributed by atoms with Crippen LogP contribution in [0.3, 0.4) is 0 Å². The van der Waals surface area contributed by atoms with Gasteiger partial charge in [-0.05, 0) is 25.3 Å². The molecule has 1 heterocycles. The van der Waals surface area contributed by atoms with Crippen molar-refractivity contribution in [2.75, 3.05) is 6.61 Å². The molecule has 2 rings (SSSR count). The van der Waals surface area contributed by atoms with Crippen molar-refractivity contribution in [1.29, 1.82) is 0 Å². The topological polar surface area (TPSA) is 116 Å². The molecule has 0 bridgehead atoms. The Hall–Kier alpha value is -1.09. The minimum atomic E-state index is -1.46. The Kier molecular flexibility index (Phi) is 6.76. The van der Waals surface area contributed by atoms with Gasteiger partial charge in [0.25, 0.3) is 0 Å². The Bertz CT molecular complexity index is 566. The first-order chi connectivity index (χ1) is 12.1. The van der Waals surface area contributed by atoms with Crippen LogP contribution in [0.25, 0.3) is 0 Å². The van der Waals surface area contributed by atoms with E-state index in [1.54, 1.807) is 13.0 Å². The molecule has 2 aliphatic rings. The smallest absolute Gasteiger partial charge is 0.187 e. The zero-order valence-electron chi connectivity index (χ0n) is 15.7. The molecule has 26 heavy (non-hydrogen) atoms. The van der Waals surface area contributed by atoms with E-state index in [1.165, 1.54) is 0 Å². The second kappa shape index (κ2) is 8.29. The van der Waals surface area contributed by atoms with Crippen molar-refractivity contribution in [2.45, 2.75) is 70.9 Å². The van der Waals surface area contributed by atoms with Crippen molar-refractivity contribution in [3.63, 3.8) is 0 Å². The van der Waals surface area contributed by atoms with E-state index in [2.05, 4.69) is 0 Å². The Morgan fingerprint density at radius 3 is 2.54 bits per heavy atom. The third kappa shape index (κ3) is 4.60. The van der Waals surface area contributed by atoms with Crippen LogP contribution in [0.1, 0.15) is 34.1 Å². The number of hydrogen-bond donors (Lipinski definition) is 4. The van der Waals surface area contributed by atoms with Crippen LogP contribution in [0.15, 0.2) is 23.8 Å². The molecular formula is C19H30O7. The first-order valence-corrected chi connectivity index (χ1v) is 8.92. The largest absolute Gasteiger partial charge is 0.394 e. The summed E-state index contributed by atoms with van der Waals surface area (Å²) in [6, 6.07) is 0. The maximum Gasteiger partial charge on any atom is 0.187 e. The van der Waals surface area contributed by atoms with Gasteiger partial charge < -0.3 is 29.9 Å². The molecule has 7 heteroatoms. The monoisotopic (exact) mass is 370 g/mol. The summed E-state index contributed by atoms with van der Waals surface area (Å²) >= 11 is 0. The van der Waals surface area contributed by atoms with Gasteiger partial charge in [0.15, 0.2) is 12.1 Å². The number of hydrogen-bond acceptors (Lipinski definition) is 7. The fraction of sp³-hybridized carbons (Fsp3) is 0.737. The molecule has 1 saturated heterocycles. The van der Waals surface area contributed by atoms with Crippen LogP contribution in [0.2, 0.25) is 0 Å². The summed E-state index contributed by atoms with van der Waals surface area (Å²) in [7, 11) is 0. The maximum atomic E-state index is 11.8. The fourth-order valence-electron chi connectivity index (χ4n) is 3.69. The van der Waals surface area contributed by atoms with Gasteiger partial charge in [-0.3, -0.25) is 4.79 Å². The van der Waals surface area contributed by atoms with E-state index in [9.17, 15) is 25.2 Å². The molecule has 0 saturated carbocycles. The third-order valence-corrected chi connectivity index (χ3v) is 5.12. The van der Waals surface area contributed by atoms with Gasteiger partial charge in [0.1, 0.15) is 24.4 Å². The number of allylic oxidation sites excluding steroid dienone is 3. The Morgan fingerprint density at radius 2 is 1.96 bits per heavy atom. The van der Waals surface area contributed by atoms with Gasteiger partial charge in [-0.15, -0.1) is 0 Å². The van der Waals surface area contributed by atoms with Crippen molar-refractivity contribution in [3.8, 4) is 0 Å². The second-order valence-electron chi connectivity index (χ2n) is 7.92. The number of aliphatic hydroxyl groups excluding tert-OH is 4. The van der Waals surface area contributed by atoms with E-state index in [4.69, 9.17) is 9.47 Å². The van der Waals surface area contributed by atoms with Crippen molar-refractivity contribution in [3.05, 3.63) is 23.8 Å². The summed E-state index contributed by atoms with van der Waals surface area (Å²) in [6.45, 7) is 7.28. The van der Waals surface area contributed by atoms with Crippen LogP contribution < -0.4 is 0 Å². The lowest BCUT2D eigenvalue weighted by atomic mass is 9.68. The zero-order valence-corrected chi connectivity index (χ0v) is 15.7. The Labute approximate surface area is 153 Å². The quantitative estimate of drug-likeness (QED) is 0.515. The minimum Gasteiger partial charge on any atom is -0.394 e. The molecule has 1 fully saturated rings. The van der Waals surface area contributed by atoms with Gasteiger partial charge in [-0.1, -0.05) is 31.6 Å². The first-order valence-electron chi connectivity index (χ1n) is 8.92. The van der Waals surface area contributed by atoms with E-state index in [-0.39, 0.29) is 17.1 Å². The zero-order chi connectivity index (χ0) is 19.6. The van der Waals surface area contributed by atoms with E-state index in [1.807, 2.05) is 32.9 Å². The molecule has 0 aromatic rings. The number of ketones is 1. The van der Waals surface area contributed by atoms with E-state index >= 15 is 0 Å². The van der Waals surface area contributed by atoms with Gasteiger partial charge in [-0.2, -0.15) is 0 Å². The second-order valence-corrected chi connectivity index (χ2v) is 7.92. The number of aliphatic hydroxyl groups is 4. The van der Waals surface area contributed by atoms with Gasteiger partial charge in [0.2, 0.25) is 0 Å². The molecule has 1 aliphatic carbocycles. The van der Waals surface area contributed by atoms with E-state index < -0.39 is 43.4 Å². The van der Waals surface area contributed by atoms with Crippen molar-refractivity contribution in [2.24, 2.45) is 11.3 Å². The molecule has 0 radical (unpaired) electrons. The fourth-order valence-corrected chi connectivity index (χ4v) is 3.69. The van der Waals surface area contributed by atoms with Crippen LogP contribution in [0, 0.1) is 11.3 Å². The molecule has 0 spiro atoms. The van der Waals surface area contributed by atoms with Crippen LogP contribution in [0.4, 0.5) is 0 Å². The molecule has 0 aromatic heterocycles. The predicted molar refractivity (Wildman–Crippen MR) is 94.1 cm³/mol. The Morgan fingerprint density at radius 1 is 1.31 bits per heavy atom. The molecule has 7 nitrogen and oxygen atoms in total. The third-order valence-electron chi connectivity index (χ3n) is 5.12. The average Bonchev–Trinajstić information content (AvgIpc) is 2.53. The SMILES string of the molecule is CC1=CC(=O)CC(C)(C)[C@H]1/C=C/[C@H](C)O[C@H]1O[C@@H](CO)[C@H](O)[C@@H](O)[C@@H]1O. The summed E-state index contributed by atoms with van der Waals surface area (Å²) < 4.78 is 11.0. The lowest BCUT2D eigenvalue weighted by Crippen LogP contribution is -2.59. The lowest BCUT2D eigenvalue weighted by Gasteiger charge is -2.40. The van der Waals surface area contributed by atoms with Gasteiger partial charge >= 0.3 is 0 Å². The number of carbonyl (C=O) groups excluding carboxylic acids is 1. The normalized spacial score (nSPS) is 39.1. The highest BCUT2D eigenvalue weighted by Crippen LogP contribution is 2.40. The minimum absolute atomic E-state index is 0.0843. The molecule has 4 N–H and O–H groups in total. The summed E-state index contributed by atoms with van der Waals surface area (Å²) in [6.07, 6.45) is -0.958. The number of carbonyl (C=O) groups is 1. The first kappa shape index (κ1) is 21.2. The van der Waals surface area contributed by atoms with E-state index in [0.29, 0.717) is 6.42 Å². The molecule has 0 amide bonds. The highest BCUT2D eigenvalue weighted by molar-refractivity contribution is 5.92. The van der Waals surface area contributed by atoms with Crippen molar-refractivity contribution in [1.82, 2.24) is 0 Å². The summed E-state index contributed by atoms with van der Waals surface area (Å²) in [4.78, 5) is 11.8. The van der Waals surface area contributed by atoms with Crippen LogP contribution in [0.5, 0.6) is 0 Å². The van der Waals surface area contributed by atoms with Crippen LogP contribution in [-0.2, 0) is 14.3 Å². The summed E-state index contributed by atoms with van der Waals surface area (Å²) in [5.74, 6) is 0.212. The highest BCUT2D eigenvalue weighted by Gasteiger charge is 2.44. The molecule has 0 aromatic carbocycles. The van der Waals surface area contributed by atoms with Gasteiger partial charge in [-0.25, -0.2) is 0 Å². The average molecular weight is 370 g/mol. The van der Waals surface area contributed by atoms with Crippen LogP contribution >= 0.6 is 0 Å².